The van der Waals surface area contributed by atoms with E-state index in [-0.39, 0.29) is 12.5 Å². The summed E-state index contributed by atoms with van der Waals surface area (Å²) in [6, 6.07) is 5.16. The van der Waals surface area contributed by atoms with Crippen molar-refractivity contribution in [3.05, 3.63) is 22.7 Å². The van der Waals surface area contributed by atoms with Crippen LogP contribution >= 0.6 is 15.9 Å². The minimum atomic E-state index is -0.194. The predicted octanol–water partition coefficient (Wildman–Crippen LogP) is 1.17. The van der Waals surface area contributed by atoms with Crippen LogP contribution in [0.4, 0.5) is 5.69 Å². The van der Waals surface area contributed by atoms with E-state index < -0.39 is 0 Å². The predicted molar refractivity (Wildman–Crippen MR) is 68.9 cm³/mol. The SMILES string of the molecule is COCCNC(=O)COc1cc(N)cc(Br)c1. The van der Waals surface area contributed by atoms with Crippen LogP contribution in [0.2, 0.25) is 0 Å². The normalized spacial score (nSPS) is 10.0. The van der Waals surface area contributed by atoms with Crippen molar-refractivity contribution in [2.75, 3.05) is 32.6 Å². The highest BCUT2D eigenvalue weighted by molar-refractivity contribution is 9.10. The van der Waals surface area contributed by atoms with Crippen LogP contribution in [-0.2, 0) is 9.53 Å². The molecule has 0 aliphatic carbocycles. The molecule has 94 valence electrons. The molecule has 0 bridgehead atoms. The number of carbonyl (C=O) groups excluding carboxylic acids is 1. The topological polar surface area (TPSA) is 73.6 Å². The van der Waals surface area contributed by atoms with Crippen LogP contribution in [0.1, 0.15) is 0 Å². The Labute approximate surface area is 108 Å². The highest BCUT2D eigenvalue weighted by Gasteiger charge is 2.03. The van der Waals surface area contributed by atoms with Crippen molar-refractivity contribution in [2.45, 2.75) is 0 Å². The Balaban J connectivity index is 2.36. The molecule has 0 radical (unpaired) electrons. The van der Waals surface area contributed by atoms with E-state index in [1.807, 2.05) is 0 Å². The fraction of sp³-hybridized carbons (Fsp3) is 0.364. The monoisotopic (exact) mass is 302 g/mol. The highest BCUT2D eigenvalue weighted by atomic mass is 79.9. The van der Waals surface area contributed by atoms with Crippen molar-refractivity contribution in [1.82, 2.24) is 5.32 Å². The second-order valence-electron chi connectivity index (χ2n) is 3.35. The van der Waals surface area contributed by atoms with E-state index in [1.165, 1.54) is 0 Å². The molecule has 17 heavy (non-hydrogen) atoms. The quantitative estimate of drug-likeness (QED) is 0.611. The molecule has 0 aromatic heterocycles. The molecule has 0 aliphatic heterocycles. The second-order valence-corrected chi connectivity index (χ2v) is 4.27. The maximum Gasteiger partial charge on any atom is 0.258 e. The van der Waals surface area contributed by atoms with Gasteiger partial charge in [0.15, 0.2) is 6.61 Å². The van der Waals surface area contributed by atoms with Gasteiger partial charge in [-0.25, -0.2) is 0 Å². The molecule has 0 saturated carbocycles. The van der Waals surface area contributed by atoms with Gasteiger partial charge in [0, 0.05) is 29.9 Å². The Morgan fingerprint density at radius 2 is 2.24 bits per heavy atom. The van der Waals surface area contributed by atoms with Crippen LogP contribution in [0, 0.1) is 0 Å². The molecule has 0 saturated heterocycles. The van der Waals surface area contributed by atoms with Crippen molar-refractivity contribution in [3.8, 4) is 5.75 Å². The molecular weight excluding hydrogens is 288 g/mol. The van der Waals surface area contributed by atoms with Gasteiger partial charge in [-0.2, -0.15) is 0 Å². The molecule has 0 spiro atoms. The van der Waals surface area contributed by atoms with E-state index in [2.05, 4.69) is 21.2 Å². The lowest BCUT2D eigenvalue weighted by Crippen LogP contribution is -2.31. The average Bonchev–Trinajstić information content (AvgIpc) is 2.25. The zero-order chi connectivity index (χ0) is 12.7. The number of hydrogen-bond donors (Lipinski definition) is 2. The summed E-state index contributed by atoms with van der Waals surface area (Å²) in [5.41, 5.74) is 6.21. The number of nitrogens with one attached hydrogen (secondary N) is 1. The summed E-state index contributed by atoms with van der Waals surface area (Å²) < 4.78 is 10.9. The minimum absolute atomic E-state index is 0.0421. The average molecular weight is 303 g/mol. The van der Waals surface area contributed by atoms with E-state index in [9.17, 15) is 4.79 Å². The first kappa shape index (κ1) is 13.8. The fourth-order valence-corrected chi connectivity index (χ4v) is 1.65. The Hall–Kier alpha value is -1.27. The Morgan fingerprint density at radius 1 is 1.47 bits per heavy atom. The molecule has 1 aromatic carbocycles. The van der Waals surface area contributed by atoms with Crippen LogP contribution in [0.15, 0.2) is 22.7 Å². The smallest absolute Gasteiger partial charge is 0.258 e. The van der Waals surface area contributed by atoms with Gasteiger partial charge >= 0.3 is 0 Å². The number of nitrogens with two attached hydrogens (primary N) is 1. The van der Waals surface area contributed by atoms with Gasteiger partial charge in [0.05, 0.1) is 6.61 Å². The van der Waals surface area contributed by atoms with Crippen molar-refractivity contribution in [3.63, 3.8) is 0 Å². The van der Waals surface area contributed by atoms with Gasteiger partial charge in [0.2, 0.25) is 0 Å². The summed E-state index contributed by atoms with van der Waals surface area (Å²) in [5.74, 6) is 0.361. The van der Waals surface area contributed by atoms with E-state index in [1.54, 1.807) is 25.3 Å². The van der Waals surface area contributed by atoms with Crippen molar-refractivity contribution < 1.29 is 14.3 Å². The molecule has 0 heterocycles. The Bertz CT molecular complexity index is 365. The summed E-state index contributed by atoms with van der Waals surface area (Å²) >= 11 is 3.29. The second kappa shape index (κ2) is 7.13. The number of amides is 1. The Morgan fingerprint density at radius 3 is 2.88 bits per heavy atom. The van der Waals surface area contributed by atoms with Gasteiger partial charge in [-0.1, -0.05) is 15.9 Å². The van der Waals surface area contributed by atoms with Gasteiger partial charge in [0.25, 0.3) is 5.91 Å². The molecule has 1 rings (SSSR count). The number of hydrogen-bond acceptors (Lipinski definition) is 4. The Kier molecular flexibility index (Phi) is 5.79. The van der Waals surface area contributed by atoms with E-state index in [0.717, 1.165) is 4.47 Å². The van der Waals surface area contributed by atoms with Crippen molar-refractivity contribution >= 4 is 27.5 Å². The van der Waals surface area contributed by atoms with Crippen molar-refractivity contribution in [1.29, 1.82) is 0 Å². The lowest BCUT2D eigenvalue weighted by atomic mass is 10.3. The van der Waals surface area contributed by atoms with Gasteiger partial charge in [-0.05, 0) is 12.1 Å². The summed E-state index contributed by atoms with van der Waals surface area (Å²) in [4.78, 5) is 11.3. The maximum atomic E-state index is 11.3. The third kappa shape index (κ3) is 5.55. The summed E-state index contributed by atoms with van der Waals surface area (Å²) in [5, 5.41) is 2.65. The van der Waals surface area contributed by atoms with Gasteiger partial charge in [-0.3, -0.25) is 4.79 Å². The lowest BCUT2D eigenvalue weighted by molar-refractivity contribution is -0.123. The molecule has 5 nitrogen and oxygen atoms in total. The molecule has 0 unspecified atom stereocenters. The number of benzene rings is 1. The van der Waals surface area contributed by atoms with Crippen LogP contribution in [0.3, 0.4) is 0 Å². The molecule has 6 heteroatoms. The number of rotatable bonds is 6. The summed E-state index contributed by atoms with van der Waals surface area (Å²) in [6.07, 6.45) is 0. The maximum absolute atomic E-state index is 11.3. The first-order chi connectivity index (χ1) is 8.11. The molecule has 0 fully saturated rings. The van der Waals surface area contributed by atoms with Crippen LogP contribution in [-0.4, -0.2) is 32.8 Å². The molecule has 1 amide bonds. The van der Waals surface area contributed by atoms with E-state index in [4.69, 9.17) is 15.2 Å². The van der Waals surface area contributed by atoms with E-state index in [0.29, 0.717) is 24.6 Å². The number of anilines is 1. The zero-order valence-electron chi connectivity index (χ0n) is 9.53. The summed E-state index contributed by atoms with van der Waals surface area (Å²) in [6.45, 7) is 0.911. The van der Waals surface area contributed by atoms with Gasteiger partial charge < -0.3 is 20.5 Å². The van der Waals surface area contributed by atoms with Gasteiger partial charge in [0.1, 0.15) is 5.75 Å². The van der Waals surface area contributed by atoms with Crippen molar-refractivity contribution in [2.24, 2.45) is 0 Å². The number of halogens is 1. The minimum Gasteiger partial charge on any atom is -0.484 e. The van der Waals surface area contributed by atoms with E-state index >= 15 is 0 Å². The van der Waals surface area contributed by atoms with Gasteiger partial charge in [-0.15, -0.1) is 0 Å². The third-order valence-electron chi connectivity index (χ3n) is 1.89. The zero-order valence-corrected chi connectivity index (χ0v) is 11.1. The van der Waals surface area contributed by atoms with Crippen LogP contribution < -0.4 is 15.8 Å². The molecule has 1 aromatic rings. The molecule has 0 atom stereocenters. The van der Waals surface area contributed by atoms with Crippen LogP contribution in [0.5, 0.6) is 5.75 Å². The van der Waals surface area contributed by atoms with Crippen LogP contribution in [0.25, 0.3) is 0 Å². The number of nitrogen functional groups attached to an aromatic ring is 1. The number of ether oxygens (including phenoxy) is 2. The fourth-order valence-electron chi connectivity index (χ4n) is 1.16. The first-order valence-corrected chi connectivity index (χ1v) is 5.85. The first-order valence-electron chi connectivity index (χ1n) is 5.06. The largest absolute Gasteiger partial charge is 0.484 e. The number of carbonyl (C=O) groups is 1. The highest BCUT2D eigenvalue weighted by Crippen LogP contribution is 2.22. The molecule has 3 N–H and O–H groups in total. The lowest BCUT2D eigenvalue weighted by Gasteiger charge is -2.08. The molecular formula is C11H15BrN2O3. The standard InChI is InChI=1S/C11H15BrN2O3/c1-16-3-2-14-11(15)7-17-10-5-8(12)4-9(13)6-10/h4-6H,2-3,7,13H2,1H3,(H,14,15). The molecule has 0 aliphatic rings. The third-order valence-corrected chi connectivity index (χ3v) is 2.35. The summed E-state index contributed by atoms with van der Waals surface area (Å²) in [7, 11) is 1.58. The number of methoxy groups -OCH3 is 1.